The Balaban J connectivity index is 1.72. The van der Waals surface area contributed by atoms with Crippen LogP contribution < -0.4 is 19.5 Å². The molecule has 0 unspecified atom stereocenters. The second kappa shape index (κ2) is 10.8. The molecule has 30 heavy (non-hydrogen) atoms. The molecule has 0 atom stereocenters. The SMILES string of the molecule is CCOc1cc(CNc2ccc(OC)cc2)cc(Br)c1OCc1ccc(Cl)c(Cl)c1. The molecule has 0 saturated carbocycles. The average molecular weight is 511 g/mol. The van der Waals surface area contributed by atoms with Crippen LogP contribution in [0.25, 0.3) is 0 Å². The van der Waals surface area contributed by atoms with Crippen LogP contribution in [0.5, 0.6) is 17.2 Å². The number of halogens is 3. The summed E-state index contributed by atoms with van der Waals surface area (Å²) in [6, 6.07) is 17.2. The number of methoxy groups -OCH3 is 1. The van der Waals surface area contributed by atoms with Crippen LogP contribution in [-0.2, 0) is 13.2 Å². The van der Waals surface area contributed by atoms with Gasteiger partial charge in [0.1, 0.15) is 12.4 Å². The van der Waals surface area contributed by atoms with E-state index in [-0.39, 0.29) is 0 Å². The van der Waals surface area contributed by atoms with E-state index in [1.807, 2.05) is 49.4 Å². The molecule has 3 aromatic carbocycles. The van der Waals surface area contributed by atoms with Crippen LogP contribution in [0.1, 0.15) is 18.1 Å². The van der Waals surface area contributed by atoms with Gasteiger partial charge in [-0.2, -0.15) is 0 Å². The Morgan fingerprint density at radius 2 is 1.67 bits per heavy atom. The molecule has 0 bridgehead atoms. The highest BCUT2D eigenvalue weighted by Crippen LogP contribution is 2.38. The van der Waals surface area contributed by atoms with Crippen molar-refractivity contribution in [3.63, 3.8) is 0 Å². The van der Waals surface area contributed by atoms with Crippen LogP contribution >= 0.6 is 39.1 Å². The van der Waals surface area contributed by atoms with Crippen LogP contribution in [0.15, 0.2) is 59.1 Å². The van der Waals surface area contributed by atoms with E-state index in [0.29, 0.717) is 41.3 Å². The molecular weight excluding hydrogens is 489 g/mol. The first-order chi connectivity index (χ1) is 14.5. The molecule has 158 valence electrons. The maximum absolute atomic E-state index is 6.10. The number of hydrogen-bond acceptors (Lipinski definition) is 4. The van der Waals surface area contributed by atoms with E-state index < -0.39 is 0 Å². The first-order valence-electron chi connectivity index (χ1n) is 9.40. The quantitative estimate of drug-likeness (QED) is 0.326. The zero-order valence-corrected chi connectivity index (χ0v) is 19.8. The summed E-state index contributed by atoms with van der Waals surface area (Å²) in [5.41, 5.74) is 2.98. The van der Waals surface area contributed by atoms with Gasteiger partial charge in [-0.3, -0.25) is 0 Å². The number of hydrogen-bond donors (Lipinski definition) is 1. The lowest BCUT2D eigenvalue weighted by Gasteiger charge is -2.16. The first-order valence-corrected chi connectivity index (χ1v) is 10.9. The Morgan fingerprint density at radius 3 is 2.33 bits per heavy atom. The normalized spacial score (nSPS) is 10.6. The number of anilines is 1. The molecule has 0 aliphatic heterocycles. The maximum Gasteiger partial charge on any atom is 0.175 e. The van der Waals surface area contributed by atoms with Crippen molar-refractivity contribution in [2.24, 2.45) is 0 Å². The standard InChI is InChI=1S/C23H22BrCl2NO3/c1-3-29-22-12-16(13-27-17-5-7-18(28-2)8-6-17)10-19(24)23(22)30-14-15-4-9-20(25)21(26)11-15/h4-12,27H,3,13-14H2,1-2H3. The Hall–Kier alpha value is -2.08. The molecule has 0 fully saturated rings. The van der Waals surface area contributed by atoms with Gasteiger partial charge >= 0.3 is 0 Å². The van der Waals surface area contributed by atoms with Gasteiger partial charge in [0.15, 0.2) is 11.5 Å². The zero-order chi connectivity index (χ0) is 21.5. The Bertz CT molecular complexity index is 996. The summed E-state index contributed by atoms with van der Waals surface area (Å²) < 4.78 is 17.9. The van der Waals surface area contributed by atoms with Crippen molar-refractivity contribution in [1.82, 2.24) is 0 Å². The van der Waals surface area contributed by atoms with E-state index >= 15 is 0 Å². The van der Waals surface area contributed by atoms with Crippen LogP contribution in [0.2, 0.25) is 10.0 Å². The molecule has 0 radical (unpaired) electrons. The highest BCUT2D eigenvalue weighted by atomic mass is 79.9. The summed E-state index contributed by atoms with van der Waals surface area (Å²) in [4.78, 5) is 0. The summed E-state index contributed by atoms with van der Waals surface area (Å²) in [5.74, 6) is 2.15. The third-order valence-corrected chi connectivity index (χ3v) is 5.65. The molecule has 4 nitrogen and oxygen atoms in total. The molecular formula is C23H22BrCl2NO3. The Labute approximate surface area is 195 Å². The predicted octanol–water partition coefficient (Wildman–Crippen LogP) is 7.35. The summed E-state index contributed by atoms with van der Waals surface area (Å²) in [6.45, 7) is 3.46. The highest BCUT2D eigenvalue weighted by Gasteiger charge is 2.13. The molecule has 7 heteroatoms. The van der Waals surface area contributed by atoms with Crippen LogP contribution in [0.3, 0.4) is 0 Å². The molecule has 0 amide bonds. The Kier molecular flexibility index (Phi) is 8.14. The molecule has 3 rings (SSSR count). The lowest BCUT2D eigenvalue weighted by Crippen LogP contribution is -2.04. The molecule has 0 heterocycles. The van der Waals surface area contributed by atoms with Gasteiger partial charge in [-0.25, -0.2) is 0 Å². The van der Waals surface area contributed by atoms with Crippen molar-refractivity contribution in [2.75, 3.05) is 19.0 Å². The number of nitrogens with one attached hydrogen (secondary N) is 1. The van der Waals surface area contributed by atoms with E-state index in [1.165, 1.54) is 0 Å². The minimum absolute atomic E-state index is 0.346. The average Bonchev–Trinajstić information content (AvgIpc) is 2.74. The number of rotatable bonds is 9. The fourth-order valence-electron chi connectivity index (χ4n) is 2.82. The van der Waals surface area contributed by atoms with E-state index in [1.54, 1.807) is 19.2 Å². The minimum atomic E-state index is 0.346. The summed E-state index contributed by atoms with van der Waals surface area (Å²) >= 11 is 15.7. The van der Waals surface area contributed by atoms with E-state index in [2.05, 4.69) is 21.2 Å². The molecule has 0 saturated heterocycles. The van der Waals surface area contributed by atoms with Crippen LogP contribution in [0, 0.1) is 0 Å². The zero-order valence-electron chi connectivity index (χ0n) is 16.7. The van der Waals surface area contributed by atoms with E-state index in [9.17, 15) is 0 Å². The second-order valence-corrected chi connectivity index (χ2v) is 8.13. The maximum atomic E-state index is 6.10. The lowest BCUT2D eigenvalue weighted by atomic mass is 10.2. The fraction of sp³-hybridized carbons (Fsp3) is 0.217. The summed E-state index contributed by atoms with van der Waals surface area (Å²) in [7, 11) is 1.65. The van der Waals surface area contributed by atoms with Crippen molar-refractivity contribution < 1.29 is 14.2 Å². The topological polar surface area (TPSA) is 39.7 Å². The van der Waals surface area contributed by atoms with Gasteiger partial charge in [0.05, 0.1) is 28.2 Å². The van der Waals surface area contributed by atoms with Crippen molar-refractivity contribution in [3.05, 3.63) is 80.2 Å². The smallest absolute Gasteiger partial charge is 0.175 e. The fourth-order valence-corrected chi connectivity index (χ4v) is 3.75. The number of ether oxygens (including phenoxy) is 3. The van der Waals surface area contributed by atoms with Gasteiger partial charge in [-0.15, -0.1) is 0 Å². The van der Waals surface area contributed by atoms with Crippen molar-refractivity contribution in [2.45, 2.75) is 20.1 Å². The van der Waals surface area contributed by atoms with Gasteiger partial charge in [0.25, 0.3) is 0 Å². The highest BCUT2D eigenvalue weighted by molar-refractivity contribution is 9.10. The molecule has 3 aromatic rings. The van der Waals surface area contributed by atoms with Crippen molar-refractivity contribution in [1.29, 1.82) is 0 Å². The molecule has 1 N–H and O–H groups in total. The minimum Gasteiger partial charge on any atom is -0.497 e. The molecule has 0 aliphatic rings. The third-order valence-electron chi connectivity index (χ3n) is 4.32. The van der Waals surface area contributed by atoms with Gasteiger partial charge in [0.2, 0.25) is 0 Å². The summed E-state index contributed by atoms with van der Waals surface area (Å²) in [5, 5.41) is 4.42. The molecule has 0 spiro atoms. The van der Waals surface area contributed by atoms with Gasteiger partial charge in [-0.1, -0.05) is 29.3 Å². The number of benzene rings is 3. The van der Waals surface area contributed by atoms with Crippen molar-refractivity contribution in [3.8, 4) is 17.2 Å². The monoisotopic (exact) mass is 509 g/mol. The van der Waals surface area contributed by atoms with E-state index in [4.69, 9.17) is 37.4 Å². The van der Waals surface area contributed by atoms with Gasteiger partial charge < -0.3 is 19.5 Å². The largest absolute Gasteiger partial charge is 0.497 e. The predicted molar refractivity (Wildman–Crippen MR) is 126 cm³/mol. The van der Waals surface area contributed by atoms with Gasteiger partial charge in [0, 0.05) is 12.2 Å². The van der Waals surface area contributed by atoms with Crippen LogP contribution in [-0.4, -0.2) is 13.7 Å². The first kappa shape index (κ1) is 22.6. The summed E-state index contributed by atoms with van der Waals surface area (Å²) in [6.07, 6.45) is 0. The van der Waals surface area contributed by atoms with Gasteiger partial charge in [-0.05, 0) is 82.5 Å². The van der Waals surface area contributed by atoms with Crippen LogP contribution in [0.4, 0.5) is 5.69 Å². The van der Waals surface area contributed by atoms with Crippen molar-refractivity contribution >= 4 is 44.8 Å². The second-order valence-electron chi connectivity index (χ2n) is 6.46. The molecule has 0 aliphatic carbocycles. The van der Waals surface area contributed by atoms with E-state index in [0.717, 1.165) is 27.0 Å². The third kappa shape index (κ3) is 5.97. The lowest BCUT2D eigenvalue weighted by molar-refractivity contribution is 0.267. The molecule has 0 aromatic heterocycles. The Morgan fingerprint density at radius 1 is 0.900 bits per heavy atom.